The zero-order chi connectivity index (χ0) is 18.2. The highest BCUT2D eigenvalue weighted by Crippen LogP contribution is 2.16. The number of hydrogen-bond donors (Lipinski definition) is 3. The number of anilines is 2. The number of methoxy groups -OCH3 is 1. The molecule has 0 aliphatic carbocycles. The molecule has 0 aliphatic heterocycles. The summed E-state index contributed by atoms with van der Waals surface area (Å²) < 4.78 is 18.2. The fourth-order valence-electron chi connectivity index (χ4n) is 2.29. The second kappa shape index (κ2) is 8.79. The fraction of sp³-hybridized carbons (Fsp3) is 0.222. The number of benzene rings is 2. The van der Waals surface area contributed by atoms with Gasteiger partial charge in [-0.25, -0.2) is 4.39 Å². The van der Waals surface area contributed by atoms with Gasteiger partial charge in [-0.3, -0.25) is 9.59 Å². The van der Waals surface area contributed by atoms with E-state index in [9.17, 15) is 14.0 Å². The molecule has 25 heavy (non-hydrogen) atoms. The van der Waals surface area contributed by atoms with E-state index in [-0.39, 0.29) is 24.9 Å². The van der Waals surface area contributed by atoms with Crippen LogP contribution in [0.2, 0.25) is 0 Å². The molecular formula is C18H21FN3O3+. The van der Waals surface area contributed by atoms with Gasteiger partial charge in [0.2, 0.25) is 0 Å². The van der Waals surface area contributed by atoms with Gasteiger partial charge in [0.15, 0.2) is 13.1 Å². The van der Waals surface area contributed by atoms with Crippen molar-refractivity contribution in [3.8, 4) is 5.75 Å². The van der Waals surface area contributed by atoms with Crippen LogP contribution in [-0.4, -0.2) is 39.1 Å². The van der Waals surface area contributed by atoms with Gasteiger partial charge in [-0.15, -0.1) is 0 Å². The molecule has 0 aromatic heterocycles. The third-order valence-corrected chi connectivity index (χ3v) is 3.39. The lowest BCUT2D eigenvalue weighted by Gasteiger charge is -2.14. The summed E-state index contributed by atoms with van der Waals surface area (Å²) in [5.41, 5.74) is 1.01. The van der Waals surface area contributed by atoms with E-state index >= 15 is 0 Å². The topological polar surface area (TPSA) is 71.9 Å². The monoisotopic (exact) mass is 346 g/mol. The Morgan fingerprint density at radius 3 is 2.12 bits per heavy atom. The van der Waals surface area contributed by atoms with E-state index in [4.69, 9.17) is 4.74 Å². The summed E-state index contributed by atoms with van der Waals surface area (Å²) in [4.78, 5) is 24.7. The molecule has 7 heteroatoms. The number of quaternary nitrogens is 1. The van der Waals surface area contributed by atoms with Gasteiger partial charge in [-0.1, -0.05) is 12.1 Å². The van der Waals surface area contributed by atoms with Gasteiger partial charge in [0.25, 0.3) is 11.8 Å². The molecule has 0 heterocycles. The first-order valence-corrected chi connectivity index (χ1v) is 7.77. The minimum atomic E-state index is -0.420. The highest BCUT2D eigenvalue weighted by molar-refractivity contribution is 5.93. The molecule has 3 N–H and O–H groups in total. The van der Waals surface area contributed by atoms with Crippen LogP contribution >= 0.6 is 0 Å². The predicted octanol–water partition coefficient (Wildman–Crippen LogP) is 0.926. The molecule has 0 aliphatic rings. The summed E-state index contributed by atoms with van der Waals surface area (Å²) >= 11 is 0. The lowest BCUT2D eigenvalue weighted by molar-refractivity contribution is -0.862. The van der Waals surface area contributed by atoms with Crippen LogP contribution in [0.4, 0.5) is 15.8 Å². The van der Waals surface area contributed by atoms with Crippen LogP contribution < -0.4 is 20.3 Å². The zero-order valence-electron chi connectivity index (χ0n) is 14.1. The van der Waals surface area contributed by atoms with Crippen LogP contribution in [0, 0.1) is 5.82 Å². The van der Waals surface area contributed by atoms with Crippen LogP contribution in [0.1, 0.15) is 0 Å². The van der Waals surface area contributed by atoms with Crippen molar-refractivity contribution in [2.45, 2.75) is 0 Å². The highest BCUT2D eigenvalue weighted by atomic mass is 19.1. The normalized spacial score (nSPS) is 11.5. The second-order valence-corrected chi connectivity index (χ2v) is 5.65. The molecule has 0 fully saturated rings. The maximum absolute atomic E-state index is 13.1. The maximum atomic E-state index is 13.1. The van der Waals surface area contributed by atoms with Crippen LogP contribution in [0.5, 0.6) is 5.75 Å². The number of amides is 2. The summed E-state index contributed by atoms with van der Waals surface area (Å²) in [5, 5.41) is 5.36. The molecule has 2 aromatic carbocycles. The number of carbonyl (C=O) groups is 2. The van der Waals surface area contributed by atoms with E-state index in [0.29, 0.717) is 22.0 Å². The lowest BCUT2D eigenvalue weighted by Crippen LogP contribution is -3.11. The smallest absolute Gasteiger partial charge is 0.279 e. The molecule has 0 spiro atoms. The van der Waals surface area contributed by atoms with E-state index in [2.05, 4.69) is 10.6 Å². The first kappa shape index (κ1) is 18.4. The Bertz CT molecular complexity index is 752. The van der Waals surface area contributed by atoms with Crippen LogP contribution in [0.25, 0.3) is 0 Å². The summed E-state index contributed by atoms with van der Waals surface area (Å²) in [7, 11) is 3.28. The van der Waals surface area contributed by atoms with E-state index in [1.54, 1.807) is 44.5 Å². The molecule has 0 bridgehead atoms. The Kier molecular flexibility index (Phi) is 6.47. The van der Waals surface area contributed by atoms with Crippen molar-refractivity contribution in [1.82, 2.24) is 0 Å². The number of likely N-dealkylation sites (N-methyl/N-ethyl adjacent to an activating group) is 1. The van der Waals surface area contributed by atoms with E-state index in [1.165, 1.54) is 18.2 Å². The Labute approximate surface area is 145 Å². The Morgan fingerprint density at radius 2 is 1.56 bits per heavy atom. The number of halogens is 1. The largest absolute Gasteiger partial charge is 0.497 e. The van der Waals surface area contributed by atoms with Crippen LogP contribution in [0.15, 0.2) is 48.5 Å². The lowest BCUT2D eigenvalue weighted by atomic mass is 10.3. The van der Waals surface area contributed by atoms with Crippen LogP contribution in [-0.2, 0) is 9.59 Å². The average molecular weight is 346 g/mol. The van der Waals surface area contributed by atoms with Crippen molar-refractivity contribution in [2.24, 2.45) is 0 Å². The molecule has 2 aromatic rings. The van der Waals surface area contributed by atoms with Gasteiger partial charge in [-0.05, 0) is 30.3 Å². The molecule has 132 valence electrons. The van der Waals surface area contributed by atoms with Crippen molar-refractivity contribution in [3.05, 3.63) is 54.3 Å². The number of ether oxygens (including phenoxy) is 1. The number of carbonyl (C=O) groups excluding carboxylic acids is 2. The number of hydrogen-bond acceptors (Lipinski definition) is 3. The summed E-state index contributed by atoms with van der Waals surface area (Å²) in [5.74, 6) is -0.286. The summed E-state index contributed by atoms with van der Waals surface area (Å²) in [6, 6.07) is 12.7. The Balaban J connectivity index is 1.81. The first-order valence-electron chi connectivity index (χ1n) is 7.77. The molecule has 2 rings (SSSR count). The molecule has 1 unspecified atom stereocenters. The number of nitrogens with one attached hydrogen (secondary N) is 3. The zero-order valence-corrected chi connectivity index (χ0v) is 14.1. The Hall–Kier alpha value is -2.93. The third kappa shape index (κ3) is 6.23. The van der Waals surface area contributed by atoms with Gasteiger partial charge in [0.1, 0.15) is 11.6 Å². The Morgan fingerprint density at radius 1 is 1.00 bits per heavy atom. The van der Waals surface area contributed by atoms with Crippen molar-refractivity contribution in [3.63, 3.8) is 0 Å². The van der Waals surface area contributed by atoms with E-state index < -0.39 is 5.82 Å². The van der Waals surface area contributed by atoms with Crippen molar-refractivity contribution in [1.29, 1.82) is 0 Å². The minimum absolute atomic E-state index is 0.0854. The van der Waals surface area contributed by atoms with E-state index in [0.717, 1.165) is 0 Å². The SMILES string of the molecule is COc1cccc(NC(=O)C[NH+](C)CC(=O)Nc2cccc(F)c2)c1. The minimum Gasteiger partial charge on any atom is -0.497 e. The standard InChI is InChI=1S/C18H20FN3O3/c1-22(11-17(23)20-14-6-3-5-13(19)9-14)12-18(24)21-15-7-4-8-16(10-15)25-2/h3-10H,11-12H2,1-2H3,(H,20,23)(H,21,24)/p+1. The van der Waals surface area contributed by atoms with Crippen molar-refractivity contribution >= 4 is 23.2 Å². The molecular weight excluding hydrogens is 325 g/mol. The van der Waals surface area contributed by atoms with Crippen LogP contribution in [0.3, 0.4) is 0 Å². The first-order chi connectivity index (χ1) is 12.0. The van der Waals surface area contributed by atoms with Gasteiger partial charge >= 0.3 is 0 Å². The summed E-state index contributed by atoms with van der Waals surface area (Å²) in [6.45, 7) is 0.204. The predicted molar refractivity (Wildman–Crippen MR) is 93.3 cm³/mol. The molecule has 6 nitrogen and oxygen atoms in total. The molecule has 2 amide bonds. The number of rotatable bonds is 7. The van der Waals surface area contributed by atoms with Gasteiger partial charge in [0.05, 0.1) is 14.2 Å². The van der Waals surface area contributed by atoms with Gasteiger partial charge in [-0.2, -0.15) is 0 Å². The highest BCUT2D eigenvalue weighted by Gasteiger charge is 2.15. The summed E-state index contributed by atoms with van der Waals surface area (Å²) in [6.07, 6.45) is 0. The quantitative estimate of drug-likeness (QED) is 0.698. The van der Waals surface area contributed by atoms with Gasteiger partial charge in [0, 0.05) is 17.4 Å². The maximum Gasteiger partial charge on any atom is 0.279 e. The molecule has 0 radical (unpaired) electrons. The van der Waals surface area contributed by atoms with Gasteiger partial charge < -0.3 is 20.3 Å². The molecule has 0 saturated heterocycles. The second-order valence-electron chi connectivity index (χ2n) is 5.65. The molecule has 1 atom stereocenters. The van der Waals surface area contributed by atoms with Crippen molar-refractivity contribution < 1.29 is 23.6 Å². The van der Waals surface area contributed by atoms with Crippen molar-refractivity contribution in [2.75, 3.05) is 37.9 Å². The van der Waals surface area contributed by atoms with E-state index in [1.807, 2.05) is 0 Å². The fourth-order valence-corrected chi connectivity index (χ4v) is 2.29. The molecule has 0 saturated carbocycles. The third-order valence-electron chi connectivity index (χ3n) is 3.39. The average Bonchev–Trinajstić information content (AvgIpc) is 2.54.